The standard InChI is InChI=1S/C20H19N5O4/c1-11(2)28-19(26)18-14(8-27-3)17-13-6-12(29-20-23-9-21-10-24-20)4-5-15(13)25-16(17)7-22-18/h4-7,9-11,25H,8H2,1-3H3. The van der Waals surface area contributed by atoms with Gasteiger partial charge in [-0.2, -0.15) is 9.97 Å². The van der Waals surface area contributed by atoms with Crippen molar-refractivity contribution in [2.45, 2.75) is 26.6 Å². The Hall–Kier alpha value is -3.59. The van der Waals surface area contributed by atoms with Crippen LogP contribution in [0.5, 0.6) is 11.8 Å². The van der Waals surface area contributed by atoms with Gasteiger partial charge in [-0.25, -0.2) is 14.8 Å². The highest BCUT2D eigenvalue weighted by Gasteiger charge is 2.21. The lowest BCUT2D eigenvalue weighted by Gasteiger charge is -2.12. The van der Waals surface area contributed by atoms with Crippen molar-refractivity contribution in [1.82, 2.24) is 24.9 Å². The van der Waals surface area contributed by atoms with Gasteiger partial charge in [-0.15, -0.1) is 0 Å². The van der Waals surface area contributed by atoms with Gasteiger partial charge in [-0.1, -0.05) is 0 Å². The molecule has 0 saturated carbocycles. The maximum atomic E-state index is 12.6. The van der Waals surface area contributed by atoms with Crippen LogP contribution in [0.1, 0.15) is 29.9 Å². The molecule has 0 saturated heterocycles. The molecule has 0 spiro atoms. The number of carbonyl (C=O) groups excluding carboxylic acids is 1. The molecule has 9 heteroatoms. The Kier molecular flexibility index (Phi) is 5.05. The molecule has 0 unspecified atom stereocenters. The predicted octanol–water partition coefficient (Wildman–Crippen LogP) is 3.41. The molecule has 1 aromatic carbocycles. The first kappa shape index (κ1) is 18.8. The molecule has 4 aromatic rings. The average Bonchev–Trinajstić information content (AvgIpc) is 3.07. The van der Waals surface area contributed by atoms with Gasteiger partial charge in [0.1, 0.15) is 18.4 Å². The van der Waals surface area contributed by atoms with Crippen LogP contribution in [0.3, 0.4) is 0 Å². The Morgan fingerprint density at radius 2 is 1.93 bits per heavy atom. The fourth-order valence-corrected chi connectivity index (χ4v) is 3.12. The molecule has 9 nitrogen and oxygen atoms in total. The molecule has 3 heterocycles. The van der Waals surface area contributed by atoms with Crippen molar-refractivity contribution in [2.24, 2.45) is 0 Å². The number of ether oxygens (including phenoxy) is 3. The normalized spacial score (nSPS) is 11.3. The Bertz CT molecular complexity index is 1170. The lowest BCUT2D eigenvalue weighted by molar-refractivity contribution is 0.0366. The molecule has 3 aromatic heterocycles. The monoisotopic (exact) mass is 393 g/mol. The Morgan fingerprint density at radius 3 is 2.66 bits per heavy atom. The maximum absolute atomic E-state index is 12.6. The maximum Gasteiger partial charge on any atom is 0.357 e. The summed E-state index contributed by atoms with van der Waals surface area (Å²) in [6.45, 7) is 3.80. The molecule has 29 heavy (non-hydrogen) atoms. The Labute approximate surface area is 166 Å². The number of H-pyrrole nitrogens is 1. The first-order valence-electron chi connectivity index (χ1n) is 9.00. The zero-order valence-electron chi connectivity index (χ0n) is 16.2. The number of esters is 1. The van der Waals surface area contributed by atoms with Crippen LogP contribution in [0.2, 0.25) is 0 Å². The van der Waals surface area contributed by atoms with Crippen LogP contribution in [0.25, 0.3) is 21.8 Å². The minimum atomic E-state index is -0.485. The number of hydrogen-bond donors (Lipinski definition) is 1. The smallest absolute Gasteiger partial charge is 0.357 e. The molecule has 148 valence electrons. The molecular weight excluding hydrogens is 374 g/mol. The number of carbonyl (C=O) groups is 1. The zero-order valence-corrected chi connectivity index (χ0v) is 16.2. The molecule has 0 bridgehead atoms. The molecule has 0 fully saturated rings. The van der Waals surface area contributed by atoms with Crippen LogP contribution in [0, 0.1) is 0 Å². The number of aromatic nitrogens is 5. The van der Waals surface area contributed by atoms with Crippen molar-refractivity contribution in [1.29, 1.82) is 0 Å². The molecule has 0 aliphatic carbocycles. The number of nitrogens with one attached hydrogen (secondary N) is 1. The summed E-state index contributed by atoms with van der Waals surface area (Å²) >= 11 is 0. The van der Waals surface area contributed by atoms with E-state index >= 15 is 0 Å². The van der Waals surface area contributed by atoms with E-state index in [9.17, 15) is 4.79 Å². The van der Waals surface area contributed by atoms with Gasteiger partial charge in [0.05, 0.1) is 24.4 Å². The molecule has 0 atom stereocenters. The van der Waals surface area contributed by atoms with E-state index in [-0.39, 0.29) is 24.4 Å². The van der Waals surface area contributed by atoms with E-state index < -0.39 is 5.97 Å². The third-order valence-electron chi connectivity index (χ3n) is 4.21. The van der Waals surface area contributed by atoms with Crippen LogP contribution in [-0.2, 0) is 16.1 Å². The number of nitrogens with zero attached hydrogens (tertiary/aromatic N) is 4. The fourth-order valence-electron chi connectivity index (χ4n) is 3.12. The van der Waals surface area contributed by atoms with E-state index in [0.29, 0.717) is 11.3 Å². The summed E-state index contributed by atoms with van der Waals surface area (Å²) in [6, 6.07) is 5.74. The van der Waals surface area contributed by atoms with Crippen LogP contribution < -0.4 is 4.74 Å². The average molecular weight is 393 g/mol. The van der Waals surface area contributed by atoms with Gasteiger partial charge in [0.15, 0.2) is 5.69 Å². The van der Waals surface area contributed by atoms with E-state index in [1.807, 2.05) is 12.1 Å². The molecule has 1 N–H and O–H groups in total. The van der Waals surface area contributed by atoms with Crippen molar-refractivity contribution in [3.05, 3.63) is 48.3 Å². The first-order chi connectivity index (χ1) is 14.1. The highest BCUT2D eigenvalue weighted by Crippen LogP contribution is 2.33. The number of benzene rings is 1. The molecule has 0 aliphatic heterocycles. The topological polar surface area (TPSA) is 112 Å². The predicted molar refractivity (Wildman–Crippen MR) is 105 cm³/mol. The van der Waals surface area contributed by atoms with E-state index in [0.717, 1.165) is 21.8 Å². The lowest BCUT2D eigenvalue weighted by Crippen LogP contribution is -2.15. The van der Waals surface area contributed by atoms with E-state index in [1.165, 1.54) is 12.7 Å². The highest BCUT2D eigenvalue weighted by molar-refractivity contribution is 6.11. The summed E-state index contributed by atoms with van der Waals surface area (Å²) in [6.07, 6.45) is 4.10. The molecule has 0 radical (unpaired) electrons. The van der Waals surface area contributed by atoms with Gasteiger partial charge in [-0.3, -0.25) is 0 Å². The summed E-state index contributed by atoms with van der Waals surface area (Å²) in [4.78, 5) is 31.9. The second-order valence-corrected chi connectivity index (χ2v) is 6.62. The van der Waals surface area contributed by atoms with Crippen molar-refractivity contribution in [3.8, 4) is 11.8 Å². The minimum Gasteiger partial charge on any atom is -0.458 e. The van der Waals surface area contributed by atoms with Crippen LogP contribution in [0.15, 0.2) is 37.1 Å². The quantitative estimate of drug-likeness (QED) is 0.496. The van der Waals surface area contributed by atoms with Crippen LogP contribution in [-0.4, -0.2) is 44.1 Å². The van der Waals surface area contributed by atoms with Gasteiger partial charge < -0.3 is 19.2 Å². The first-order valence-corrected chi connectivity index (χ1v) is 9.00. The number of pyridine rings is 1. The second-order valence-electron chi connectivity index (χ2n) is 6.62. The number of aromatic amines is 1. The summed E-state index contributed by atoms with van der Waals surface area (Å²) < 4.78 is 16.4. The van der Waals surface area contributed by atoms with E-state index in [2.05, 4.69) is 24.9 Å². The number of fused-ring (bicyclic) bond motifs is 3. The summed E-state index contributed by atoms with van der Waals surface area (Å²) in [7, 11) is 1.57. The molecule has 0 amide bonds. The summed E-state index contributed by atoms with van der Waals surface area (Å²) in [5, 5.41) is 1.69. The molecular formula is C20H19N5O4. The van der Waals surface area contributed by atoms with E-state index in [4.69, 9.17) is 14.2 Å². The van der Waals surface area contributed by atoms with Gasteiger partial charge >= 0.3 is 12.0 Å². The molecule has 0 aliphatic rings. The number of rotatable bonds is 6. The van der Waals surface area contributed by atoms with Gasteiger partial charge in [0, 0.05) is 29.0 Å². The fraction of sp³-hybridized carbons (Fsp3) is 0.250. The van der Waals surface area contributed by atoms with Crippen LogP contribution >= 0.6 is 0 Å². The van der Waals surface area contributed by atoms with Crippen molar-refractivity contribution >= 4 is 27.8 Å². The summed E-state index contributed by atoms with van der Waals surface area (Å²) in [5.74, 6) is 0.0666. The third-order valence-corrected chi connectivity index (χ3v) is 4.21. The van der Waals surface area contributed by atoms with Gasteiger partial charge in [0.2, 0.25) is 0 Å². The van der Waals surface area contributed by atoms with Crippen molar-refractivity contribution < 1.29 is 19.0 Å². The Morgan fingerprint density at radius 1 is 1.14 bits per heavy atom. The number of methoxy groups -OCH3 is 1. The van der Waals surface area contributed by atoms with Crippen molar-refractivity contribution in [2.75, 3.05) is 7.11 Å². The zero-order chi connectivity index (χ0) is 20.4. The SMILES string of the molecule is COCc1c(C(=O)OC(C)C)ncc2[nH]c3ccc(Oc4ncncn4)cc3c12. The highest BCUT2D eigenvalue weighted by atomic mass is 16.5. The van der Waals surface area contributed by atoms with Crippen LogP contribution in [0.4, 0.5) is 0 Å². The van der Waals surface area contributed by atoms with Gasteiger partial charge in [0.25, 0.3) is 0 Å². The number of hydrogen-bond acceptors (Lipinski definition) is 8. The molecule has 4 rings (SSSR count). The minimum absolute atomic E-state index is 0.194. The van der Waals surface area contributed by atoms with Gasteiger partial charge in [-0.05, 0) is 32.0 Å². The second kappa shape index (κ2) is 7.80. The third kappa shape index (κ3) is 3.72. The van der Waals surface area contributed by atoms with Crippen molar-refractivity contribution in [3.63, 3.8) is 0 Å². The summed E-state index contributed by atoms with van der Waals surface area (Å²) in [5.41, 5.74) is 2.54. The largest absolute Gasteiger partial charge is 0.458 e. The lowest BCUT2D eigenvalue weighted by atomic mass is 10.1. The van der Waals surface area contributed by atoms with E-state index in [1.54, 1.807) is 33.2 Å². The Balaban J connectivity index is 1.86.